The molecule has 4 nitrogen and oxygen atoms in total. The molecule has 1 unspecified atom stereocenters. The van der Waals surface area contributed by atoms with Gasteiger partial charge in [0.25, 0.3) is 0 Å². The van der Waals surface area contributed by atoms with Crippen molar-refractivity contribution >= 4 is 5.97 Å². The van der Waals surface area contributed by atoms with Gasteiger partial charge in [0, 0.05) is 18.7 Å². The van der Waals surface area contributed by atoms with Crippen LogP contribution in [-0.4, -0.2) is 36.4 Å². The summed E-state index contributed by atoms with van der Waals surface area (Å²) in [6.07, 6.45) is 1.14. The fraction of sp³-hybridized carbons (Fsp3) is 0.875. The Labute approximate surface area is 71.9 Å². The Kier molecular flexibility index (Phi) is 3.05. The zero-order valence-corrected chi connectivity index (χ0v) is 7.30. The minimum Gasteiger partial charge on any atom is -0.481 e. The van der Waals surface area contributed by atoms with Gasteiger partial charge in [0.15, 0.2) is 0 Å². The standard InChI is InChI=1S/C8H15NO3/c1-8(3-5-12-6-8)9-4-2-7(10)11/h9H,2-6H2,1H3,(H,10,11). The fourth-order valence-corrected chi connectivity index (χ4v) is 1.28. The van der Waals surface area contributed by atoms with Gasteiger partial charge in [-0.15, -0.1) is 0 Å². The molecular weight excluding hydrogens is 158 g/mol. The van der Waals surface area contributed by atoms with Crippen LogP contribution >= 0.6 is 0 Å². The molecule has 0 radical (unpaired) electrons. The number of carboxylic acids is 1. The first-order chi connectivity index (χ1) is 5.62. The second kappa shape index (κ2) is 3.87. The van der Waals surface area contributed by atoms with Crippen LogP contribution in [0, 0.1) is 0 Å². The van der Waals surface area contributed by atoms with E-state index in [0.717, 1.165) is 13.0 Å². The molecule has 1 heterocycles. The van der Waals surface area contributed by atoms with E-state index < -0.39 is 5.97 Å². The lowest BCUT2D eigenvalue weighted by Crippen LogP contribution is -2.43. The number of carbonyl (C=O) groups is 1. The van der Waals surface area contributed by atoms with E-state index in [4.69, 9.17) is 9.84 Å². The lowest BCUT2D eigenvalue weighted by atomic mass is 10.0. The Morgan fingerprint density at radius 1 is 1.75 bits per heavy atom. The minimum atomic E-state index is -0.759. The van der Waals surface area contributed by atoms with Crippen LogP contribution in [0.2, 0.25) is 0 Å². The highest BCUT2D eigenvalue weighted by Gasteiger charge is 2.28. The van der Waals surface area contributed by atoms with Gasteiger partial charge >= 0.3 is 5.97 Å². The summed E-state index contributed by atoms with van der Waals surface area (Å²) in [5.74, 6) is -0.759. The highest BCUT2D eigenvalue weighted by atomic mass is 16.5. The average Bonchev–Trinajstić information content (AvgIpc) is 2.35. The predicted octanol–water partition coefficient (Wildman–Crippen LogP) is 0.230. The molecule has 2 N–H and O–H groups in total. The monoisotopic (exact) mass is 173 g/mol. The van der Waals surface area contributed by atoms with Gasteiger partial charge in [0.2, 0.25) is 0 Å². The molecule has 0 aromatic heterocycles. The van der Waals surface area contributed by atoms with E-state index in [1.54, 1.807) is 0 Å². The molecule has 0 saturated carbocycles. The predicted molar refractivity (Wildman–Crippen MR) is 44.1 cm³/mol. The third-order valence-electron chi connectivity index (χ3n) is 2.11. The van der Waals surface area contributed by atoms with Crippen molar-refractivity contribution in [1.82, 2.24) is 5.32 Å². The summed E-state index contributed by atoms with van der Waals surface area (Å²) in [7, 11) is 0. The van der Waals surface area contributed by atoms with Crippen molar-refractivity contribution < 1.29 is 14.6 Å². The van der Waals surface area contributed by atoms with Crippen LogP contribution in [0.3, 0.4) is 0 Å². The van der Waals surface area contributed by atoms with Crippen molar-refractivity contribution in [1.29, 1.82) is 0 Å². The average molecular weight is 173 g/mol. The van der Waals surface area contributed by atoms with E-state index in [0.29, 0.717) is 13.2 Å². The van der Waals surface area contributed by atoms with Gasteiger partial charge in [-0.2, -0.15) is 0 Å². The molecule has 1 aliphatic heterocycles. The van der Waals surface area contributed by atoms with Crippen LogP contribution in [-0.2, 0) is 9.53 Å². The first-order valence-electron chi connectivity index (χ1n) is 4.17. The van der Waals surface area contributed by atoms with Crippen molar-refractivity contribution in [3.63, 3.8) is 0 Å². The van der Waals surface area contributed by atoms with E-state index in [9.17, 15) is 4.79 Å². The number of nitrogens with one attached hydrogen (secondary N) is 1. The molecule has 70 valence electrons. The van der Waals surface area contributed by atoms with Crippen molar-refractivity contribution in [3.8, 4) is 0 Å². The zero-order chi connectivity index (χ0) is 9.03. The lowest BCUT2D eigenvalue weighted by Gasteiger charge is -2.22. The quantitative estimate of drug-likeness (QED) is 0.639. The SMILES string of the molecule is CC1(NCCC(=O)O)CCOC1. The smallest absolute Gasteiger partial charge is 0.304 e. The largest absolute Gasteiger partial charge is 0.481 e. The van der Waals surface area contributed by atoms with Crippen molar-refractivity contribution in [3.05, 3.63) is 0 Å². The summed E-state index contributed by atoms with van der Waals surface area (Å²) in [4.78, 5) is 10.2. The fourth-order valence-electron chi connectivity index (χ4n) is 1.28. The number of ether oxygens (including phenoxy) is 1. The van der Waals surface area contributed by atoms with E-state index in [1.165, 1.54) is 0 Å². The summed E-state index contributed by atoms with van der Waals surface area (Å²) in [5.41, 5.74) is -0.00451. The normalized spacial score (nSPS) is 29.1. The van der Waals surface area contributed by atoms with Crippen LogP contribution < -0.4 is 5.32 Å². The molecule has 0 aliphatic carbocycles. The molecule has 0 amide bonds. The van der Waals surface area contributed by atoms with Gasteiger partial charge in [0.1, 0.15) is 0 Å². The Morgan fingerprint density at radius 2 is 2.50 bits per heavy atom. The highest BCUT2D eigenvalue weighted by Crippen LogP contribution is 2.16. The zero-order valence-electron chi connectivity index (χ0n) is 7.30. The Morgan fingerprint density at radius 3 is 3.00 bits per heavy atom. The summed E-state index contributed by atoms with van der Waals surface area (Å²) in [6, 6.07) is 0. The third-order valence-corrected chi connectivity index (χ3v) is 2.11. The maximum atomic E-state index is 10.2. The molecule has 12 heavy (non-hydrogen) atoms. The van der Waals surface area contributed by atoms with Crippen LogP contribution in [0.5, 0.6) is 0 Å². The van der Waals surface area contributed by atoms with Gasteiger partial charge in [-0.1, -0.05) is 0 Å². The van der Waals surface area contributed by atoms with Gasteiger partial charge in [-0.25, -0.2) is 0 Å². The summed E-state index contributed by atoms with van der Waals surface area (Å²) < 4.78 is 5.21. The molecule has 1 saturated heterocycles. The molecule has 0 aromatic rings. The molecule has 1 fully saturated rings. The van der Waals surface area contributed by atoms with Gasteiger partial charge in [0.05, 0.1) is 13.0 Å². The van der Waals surface area contributed by atoms with E-state index in [2.05, 4.69) is 12.2 Å². The first kappa shape index (κ1) is 9.48. The van der Waals surface area contributed by atoms with Crippen molar-refractivity contribution in [2.45, 2.75) is 25.3 Å². The van der Waals surface area contributed by atoms with Crippen LogP contribution in [0.4, 0.5) is 0 Å². The molecule has 0 bridgehead atoms. The van der Waals surface area contributed by atoms with Gasteiger partial charge in [-0.3, -0.25) is 4.79 Å². The molecule has 1 aliphatic rings. The van der Waals surface area contributed by atoms with Gasteiger partial charge in [-0.05, 0) is 13.3 Å². The van der Waals surface area contributed by atoms with Crippen LogP contribution in [0.1, 0.15) is 19.8 Å². The van der Waals surface area contributed by atoms with E-state index in [1.807, 2.05) is 0 Å². The molecule has 0 aromatic carbocycles. The number of carboxylic acid groups (broad SMARTS) is 1. The van der Waals surface area contributed by atoms with Crippen molar-refractivity contribution in [2.75, 3.05) is 19.8 Å². The minimum absolute atomic E-state index is 0.00451. The maximum absolute atomic E-state index is 10.2. The third kappa shape index (κ3) is 2.79. The maximum Gasteiger partial charge on any atom is 0.304 e. The topological polar surface area (TPSA) is 58.6 Å². The number of aliphatic carboxylic acids is 1. The Bertz CT molecular complexity index is 164. The van der Waals surface area contributed by atoms with Gasteiger partial charge < -0.3 is 15.2 Å². The van der Waals surface area contributed by atoms with Crippen molar-refractivity contribution in [2.24, 2.45) is 0 Å². The first-order valence-corrected chi connectivity index (χ1v) is 4.17. The number of hydrogen-bond acceptors (Lipinski definition) is 3. The number of hydrogen-bond donors (Lipinski definition) is 2. The molecule has 1 atom stereocenters. The second-order valence-electron chi connectivity index (χ2n) is 3.43. The highest BCUT2D eigenvalue weighted by molar-refractivity contribution is 5.66. The van der Waals surface area contributed by atoms with Crippen LogP contribution in [0.15, 0.2) is 0 Å². The summed E-state index contributed by atoms with van der Waals surface area (Å²) in [5, 5.41) is 11.6. The van der Waals surface area contributed by atoms with E-state index in [-0.39, 0.29) is 12.0 Å². The lowest BCUT2D eigenvalue weighted by molar-refractivity contribution is -0.136. The van der Waals surface area contributed by atoms with E-state index >= 15 is 0 Å². The Hall–Kier alpha value is -0.610. The molecule has 0 spiro atoms. The second-order valence-corrected chi connectivity index (χ2v) is 3.43. The number of rotatable bonds is 4. The van der Waals surface area contributed by atoms with Crippen LogP contribution in [0.25, 0.3) is 0 Å². The summed E-state index contributed by atoms with van der Waals surface area (Å²) in [6.45, 7) is 4.04. The molecule has 4 heteroatoms. The summed E-state index contributed by atoms with van der Waals surface area (Å²) >= 11 is 0. The Balaban J connectivity index is 2.17. The molecule has 1 rings (SSSR count). The molecular formula is C8H15NO3.